The van der Waals surface area contributed by atoms with Crippen LogP contribution in [0.5, 0.6) is 0 Å². The van der Waals surface area contributed by atoms with Crippen molar-refractivity contribution in [2.75, 3.05) is 5.32 Å². The van der Waals surface area contributed by atoms with Gasteiger partial charge in [0, 0.05) is 23.4 Å². The first-order valence-electron chi connectivity index (χ1n) is 6.17. The Labute approximate surface area is 123 Å². The zero-order chi connectivity index (χ0) is 15.1. The molecule has 0 aliphatic carbocycles. The summed E-state index contributed by atoms with van der Waals surface area (Å²) in [6, 6.07) is 6.00. The molecule has 21 heavy (non-hydrogen) atoms. The second kappa shape index (κ2) is 5.07. The van der Waals surface area contributed by atoms with E-state index in [1.807, 2.05) is 0 Å². The van der Waals surface area contributed by atoms with Gasteiger partial charge in [-0.3, -0.25) is 4.79 Å². The Bertz CT molecular complexity index is 725. The quantitative estimate of drug-likeness (QED) is 0.837. The molecule has 2 aromatic carbocycles. The van der Waals surface area contributed by atoms with Crippen LogP contribution in [0.3, 0.4) is 0 Å². The minimum atomic E-state index is -1.10. The summed E-state index contributed by atoms with van der Waals surface area (Å²) in [5.74, 6) is -3.22. The molecule has 0 fully saturated rings. The highest BCUT2D eigenvalue weighted by Crippen LogP contribution is 2.35. The average Bonchev–Trinajstić information content (AvgIpc) is 2.76. The molecule has 1 aliphatic heterocycles. The van der Waals surface area contributed by atoms with Crippen molar-refractivity contribution >= 4 is 23.2 Å². The summed E-state index contributed by atoms with van der Waals surface area (Å²) < 4.78 is 40.4. The molecule has 2 aromatic rings. The van der Waals surface area contributed by atoms with Gasteiger partial charge in [0.1, 0.15) is 17.5 Å². The number of fused-ring (bicyclic) bond motifs is 1. The third-order valence-electron chi connectivity index (χ3n) is 3.34. The van der Waals surface area contributed by atoms with Gasteiger partial charge in [-0.05, 0) is 17.2 Å². The second-order valence-corrected chi connectivity index (χ2v) is 5.22. The number of nitrogens with one attached hydrogen (secondary N) is 1. The first kappa shape index (κ1) is 13.9. The molecular weight excluding hydrogens is 303 g/mol. The summed E-state index contributed by atoms with van der Waals surface area (Å²) in [5.41, 5.74) is 1.41. The van der Waals surface area contributed by atoms with Crippen molar-refractivity contribution in [1.82, 2.24) is 0 Å². The number of rotatable bonds is 2. The number of anilines is 1. The molecule has 0 radical (unpaired) electrons. The molecule has 0 saturated carbocycles. The lowest BCUT2D eigenvalue weighted by atomic mass is 10.00. The van der Waals surface area contributed by atoms with Gasteiger partial charge in [-0.1, -0.05) is 12.1 Å². The van der Waals surface area contributed by atoms with Crippen LogP contribution < -0.4 is 5.32 Å². The van der Waals surface area contributed by atoms with E-state index >= 15 is 0 Å². The third-order valence-corrected chi connectivity index (χ3v) is 3.81. The lowest BCUT2D eigenvalue weighted by Crippen LogP contribution is -2.03. The molecule has 3 rings (SSSR count). The number of hydrogen-bond acceptors (Lipinski definition) is 1. The fourth-order valence-corrected chi connectivity index (χ4v) is 2.71. The van der Waals surface area contributed by atoms with E-state index < -0.39 is 28.4 Å². The monoisotopic (exact) mass is 311 g/mol. The van der Waals surface area contributed by atoms with Crippen LogP contribution in [0.2, 0.25) is 0 Å². The maximum Gasteiger partial charge on any atom is 0.228 e. The SMILES string of the molecule is O=C1Cc2cc(C(Cl)c3c(F)cc(F)cc3F)ccc2N1. The molecule has 108 valence electrons. The van der Waals surface area contributed by atoms with Crippen molar-refractivity contribution in [2.24, 2.45) is 0 Å². The van der Waals surface area contributed by atoms with Crippen LogP contribution >= 0.6 is 11.6 Å². The normalized spacial score (nSPS) is 14.8. The first-order valence-corrected chi connectivity index (χ1v) is 6.60. The molecule has 2 nitrogen and oxygen atoms in total. The predicted molar refractivity (Wildman–Crippen MR) is 72.8 cm³/mol. The van der Waals surface area contributed by atoms with Crippen molar-refractivity contribution in [2.45, 2.75) is 11.8 Å². The topological polar surface area (TPSA) is 29.1 Å². The van der Waals surface area contributed by atoms with E-state index in [1.165, 1.54) is 0 Å². The van der Waals surface area contributed by atoms with Crippen LogP contribution in [0.25, 0.3) is 0 Å². The molecule has 1 N–H and O–H groups in total. The zero-order valence-electron chi connectivity index (χ0n) is 10.6. The van der Waals surface area contributed by atoms with Crippen molar-refractivity contribution in [3.63, 3.8) is 0 Å². The highest BCUT2D eigenvalue weighted by molar-refractivity contribution is 6.22. The minimum Gasteiger partial charge on any atom is -0.326 e. The van der Waals surface area contributed by atoms with Gasteiger partial charge < -0.3 is 5.32 Å². The third kappa shape index (κ3) is 2.49. The number of alkyl halides is 1. The van der Waals surface area contributed by atoms with Crippen molar-refractivity contribution < 1.29 is 18.0 Å². The first-order chi connectivity index (χ1) is 9.95. The van der Waals surface area contributed by atoms with Gasteiger partial charge in [-0.25, -0.2) is 13.2 Å². The van der Waals surface area contributed by atoms with Crippen LogP contribution in [-0.4, -0.2) is 5.91 Å². The highest BCUT2D eigenvalue weighted by Gasteiger charge is 2.24. The Kier molecular flexibility index (Phi) is 3.37. The lowest BCUT2D eigenvalue weighted by molar-refractivity contribution is -0.115. The molecule has 1 amide bonds. The second-order valence-electron chi connectivity index (χ2n) is 4.79. The average molecular weight is 312 g/mol. The van der Waals surface area contributed by atoms with Gasteiger partial charge >= 0.3 is 0 Å². The summed E-state index contributed by atoms with van der Waals surface area (Å²) in [6.07, 6.45) is 0.196. The molecule has 0 bridgehead atoms. The van der Waals surface area contributed by atoms with Gasteiger partial charge in [0.2, 0.25) is 5.91 Å². The van der Waals surface area contributed by atoms with E-state index in [0.717, 1.165) is 0 Å². The Morgan fingerprint density at radius 1 is 1.10 bits per heavy atom. The Morgan fingerprint density at radius 2 is 1.76 bits per heavy atom. The van der Waals surface area contributed by atoms with E-state index in [2.05, 4.69) is 5.32 Å². The van der Waals surface area contributed by atoms with Gasteiger partial charge in [0.25, 0.3) is 0 Å². The summed E-state index contributed by atoms with van der Waals surface area (Å²) in [4.78, 5) is 11.3. The number of halogens is 4. The summed E-state index contributed by atoms with van der Waals surface area (Å²) in [6.45, 7) is 0. The highest BCUT2D eigenvalue weighted by atomic mass is 35.5. The Balaban J connectivity index is 2.02. The molecule has 6 heteroatoms. The smallest absolute Gasteiger partial charge is 0.228 e. The zero-order valence-corrected chi connectivity index (χ0v) is 11.3. The van der Waals surface area contributed by atoms with Gasteiger partial charge in [0.05, 0.1) is 11.8 Å². The predicted octanol–water partition coefficient (Wildman–Crippen LogP) is 3.93. The van der Waals surface area contributed by atoms with E-state index in [1.54, 1.807) is 18.2 Å². The molecule has 1 heterocycles. The number of carbonyl (C=O) groups is 1. The minimum absolute atomic E-state index is 0.146. The summed E-state index contributed by atoms with van der Waals surface area (Å²) in [7, 11) is 0. The fraction of sp³-hybridized carbons (Fsp3) is 0.133. The number of benzene rings is 2. The molecule has 0 aromatic heterocycles. The lowest BCUT2D eigenvalue weighted by Gasteiger charge is -2.13. The number of amides is 1. The maximum atomic E-state index is 13.8. The van der Waals surface area contributed by atoms with Gasteiger partial charge in [-0.15, -0.1) is 11.6 Å². The van der Waals surface area contributed by atoms with Crippen LogP contribution in [0, 0.1) is 17.5 Å². The number of carbonyl (C=O) groups excluding carboxylic acids is 1. The standard InChI is InChI=1S/C15H9ClF3NO/c16-15(14-10(18)5-9(17)6-11(14)19)7-1-2-12-8(3-7)4-13(21)20-12/h1-3,5-6,15H,4H2,(H,20,21). The van der Waals surface area contributed by atoms with Crippen LogP contribution in [-0.2, 0) is 11.2 Å². The van der Waals surface area contributed by atoms with E-state index in [-0.39, 0.29) is 12.3 Å². The maximum absolute atomic E-state index is 13.8. The van der Waals surface area contributed by atoms with E-state index in [0.29, 0.717) is 28.9 Å². The summed E-state index contributed by atoms with van der Waals surface area (Å²) in [5, 5.41) is 1.55. The van der Waals surface area contributed by atoms with Gasteiger partial charge in [0.15, 0.2) is 0 Å². The summed E-state index contributed by atoms with van der Waals surface area (Å²) >= 11 is 6.12. The molecular formula is C15H9ClF3NO. The van der Waals surface area contributed by atoms with Crippen molar-refractivity contribution in [3.8, 4) is 0 Å². The molecule has 0 spiro atoms. The van der Waals surface area contributed by atoms with Crippen LogP contribution in [0.1, 0.15) is 22.1 Å². The van der Waals surface area contributed by atoms with Gasteiger partial charge in [-0.2, -0.15) is 0 Å². The molecule has 1 atom stereocenters. The number of hydrogen-bond donors (Lipinski definition) is 1. The largest absolute Gasteiger partial charge is 0.326 e. The molecule has 0 saturated heterocycles. The molecule has 1 unspecified atom stereocenters. The van der Waals surface area contributed by atoms with Crippen molar-refractivity contribution in [3.05, 3.63) is 64.5 Å². The van der Waals surface area contributed by atoms with E-state index in [4.69, 9.17) is 11.6 Å². The van der Waals surface area contributed by atoms with E-state index in [9.17, 15) is 18.0 Å². The van der Waals surface area contributed by atoms with Crippen molar-refractivity contribution in [1.29, 1.82) is 0 Å². The Morgan fingerprint density at radius 3 is 2.43 bits per heavy atom. The fourth-order valence-electron chi connectivity index (χ4n) is 2.37. The molecule has 1 aliphatic rings. The van der Waals surface area contributed by atoms with Crippen LogP contribution in [0.4, 0.5) is 18.9 Å². The Hall–Kier alpha value is -2.01. The van der Waals surface area contributed by atoms with Crippen LogP contribution in [0.15, 0.2) is 30.3 Å².